The van der Waals surface area contributed by atoms with Crippen LogP contribution in [0.1, 0.15) is 118 Å². The van der Waals surface area contributed by atoms with Crippen LogP contribution in [0.4, 0.5) is 26.0 Å². The van der Waals surface area contributed by atoms with E-state index in [2.05, 4.69) is 49.8 Å². The minimum Gasteiger partial charge on any atom is -0.512 e. The van der Waals surface area contributed by atoms with Crippen LogP contribution in [0.2, 0.25) is 0 Å². The maximum Gasteiger partial charge on any atom is 0.269 e. The summed E-state index contributed by atoms with van der Waals surface area (Å²) >= 11 is 0. The van der Waals surface area contributed by atoms with Crippen molar-refractivity contribution >= 4 is 52.9 Å². The summed E-state index contributed by atoms with van der Waals surface area (Å²) in [5.41, 5.74) is 3.52. The Labute approximate surface area is 378 Å². The average Bonchev–Trinajstić information content (AvgIpc) is 3.88. The normalized spacial score (nSPS) is 20.2. The van der Waals surface area contributed by atoms with E-state index in [0.29, 0.717) is 44.2 Å². The van der Waals surface area contributed by atoms with Crippen molar-refractivity contribution in [3.63, 3.8) is 0 Å². The molecule has 1 N–H and O–H groups in total. The molecule has 1 aliphatic carbocycles. The van der Waals surface area contributed by atoms with Crippen LogP contribution in [0.3, 0.4) is 0 Å². The van der Waals surface area contributed by atoms with Gasteiger partial charge in [-0.15, -0.1) is 0 Å². The van der Waals surface area contributed by atoms with Crippen LogP contribution in [0.15, 0.2) is 47.7 Å². The van der Waals surface area contributed by atoms with Crippen LogP contribution in [-0.4, -0.2) is 116 Å². The number of piperazine rings is 1. The lowest BCUT2D eigenvalue weighted by Crippen LogP contribution is -2.54. The van der Waals surface area contributed by atoms with Gasteiger partial charge in [-0.1, -0.05) is 39.7 Å². The van der Waals surface area contributed by atoms with E-state index in [4.69, 9.17) is 4.98 Å². The summed E-state index contributed by atoms with van der Waals surface area (Å²) in [4.78, 5) is 76.0. The Balaban J connectivity index is 0.00000204. The van der Waals surface area contributed by atoms with E-state index >= 15 is 8.78 Å². The fraction of sp³-hybridized carbons (Fsp3) is 0.510. The number of pyridine rings is 2. The molecule has 65 heavy (non-hydrogen) atoms. The Bertz CT molecular complexity index is 2600. The number of hydrogen-bond acceptors (Lipinski definition) is 12. The molecule has 0 radical (unpaired) electrons. The van der Waals surface area contributed by atoms with Gasteiger partial charge >= 0.3 is 0 Å². The fourth-order valence-electron chi connectivity index (χ4n) is 9.75. The van der Waals surface area contributed by atoms with E-state index in [1.165, 1.54) is 32.4 Å². The third kappa shape index (κ3) is 9.87. The largest absolute Gasteiger partial charge is 0.512 e. The second kappa shape index (κ2) is 19.7. The van der Waals surface area contributed by atoms with Gasteiger partial charge in [-0.3, -0.25) is 24.2 Å². The number of halogens is 2. The maximum absolute atomic E-state index is 15.8. The number of carbonyl (C=O) groups is 4. The predicted octanol–water partition coefficient (Wildman–Crippen LogP) is 6.15. The zero-order valence-electron chi connectivity index (χ0n) is 38.4. The maximum atomic E-state index is 15.8. The molecule has 2 aromatic rings. The Morgan fingerprint density at radius 1 is 0.892 bits per heavy atom. The average molecular weight is 894 g/mol. The van der Waals surface area contributed by atoms with Gasteiger partial charge in [0.25, 0.3) is 23.4 Å². The zero-order chi connectivity index (χ0) is 46.7. The molecule has 6 aliphatic rings. The van der Waals surface area contributed by atoms with E-state index in [1.54, 1.807) is 30.3 Å². The van der Waals surface area contributed by atoms with E-state index in [1.807, 2.05) is 19.1 Å². The lowest BCUT2D eigenvalue weighted by Gasteiger charge is -2.43. The summed E-state index contributed by atoms with van der Waals surface area (Å²) in [6.07, 6.45) is 9.37. The second-order valence-electron chi connectivity index (χ2n) is 18.0. The number of piperidine rings is 1. The van der Waals surface area contributed by atoms with Crippen molar-refractivity contribution in [1.29, 1.82) is 0 Å². The number of aliphatic hydroxyl groups excluding tert-OH is 1. The molecule has 1 aromatic carbocycles. The number of carbonyl (C=O) groups excluding carboxylic acids is 4. The van der Waals surface area contributed by atoms with Gasteiger partial charge in [-0.05, 0) is 89.3 Å². The van der Waals surface area contributed by atoms with Crippen molar-refractivity contribution in [3.8, 4) is 11.4 Å². The first kappa shape index (κ1) is 47.1. The molecule has 0 spiro atoms. The number of aliphatic hydroxyl groups is 1. The topological polar surface area (TPSA) is 157 Å². The van der Waals surface area contributed by atoms with Crippen LogP contribution in [-0.2, 0) is 9.59 Å². The summed E-state index contributed by atoms with van der Waals surface area (Å²) in [6, 6.07) is 7.45. The number of fused-ring (bicyclic) bond motifs is 2. The first-order valence-electron chi connectivity index (χ1n) is 22.9. The molecule has 6 heterocycles. The number of Topliss-reactive ketones (excluding diaryl/α,β-unsaturated/α-hetero) is 2. The SMILES string of the molecule is C=c1/c(=C(\C)O)c(C)c2cnc(=Nc3ccc(N4CCN(CC5CCN(c6ccc7c(c6)C(=O)N(C(CCC(C)=O)C(C)=O)C7=O)CC5(F)F)CC4)cn3)nc-2n1C1CCCC1.CCC. The number of aromatic nitrogens is 4. The van der Waals surface area contributed by atoms with E-state index in [0.717, 1.165) is 63.8 Å². The number of alkyl halides is 2. The molecule has 2 saturated heterocycles. The molecule has 2 amide bonds. The van der Waals surface area contributed by atoms with Gasteiger partial charge in [-0.25, -0.2) is 18.7 Å². The molecule has 2 unspecified atom stereocenters. The van der Waals surface area contributed by atoms with Crippen molar-refractivity contribution in [1.82, 2.24) is 29.3 Å². The van der Waals surface area contributed by atoms with Gasteiger partial charge in [0, 0.05) is 85.7 Å². The number of anilines is 2. The van der Waals surface area contributed by atoms with Gasteiger partial charge in [-0.2, -0.15) is 9.98 Å². The number of ketones is 2. The minimum atomic E-state index is -3.00. The number of hydrogen-bond donors (Lipinski definition) is 1. The lowest BCUT2D eigenvalue weighted by atomic mass is 9.91. The fourth-order valence-corrected chi connectivity index (χ4v) is 9.75. The number of amides is 2. The quantitative estimate of drug-likeness (QED) is 0.172. The first-order chi connectivity index (χ1) is 31.0. The van der Waals surface area contributed by atoms with Crippen LogP contribution < -0.4 is 26.0 Å². The Hall–Kier alpha value is -5.90. The third-order valence-corrected chi connectivity index (χ3v) is 13.1. The number of imide groups is 1. The zero-order valence-corrected chi connectivity index (χ0v) is 38.4. The molecule has 1 aromatic heterocycles. The van der Waals surface area contributed by atoms with Crippen LogP contribution >= 0.6 is 0 Å². The Morgan fingerprint density at radius 3 is 2.18 bits per heavy atom. The predicted molar refractivity (Wildman–Crippen MR) is 246 cm³/mol. The Morgan fingerprint density at radius 2 is 1.57 bits per heavy atom. The van der Waals surface area contributed by atoms with Crippen molar-refractivity contribution in [2.45, 2.75) is 111 Å². The molecule has 16 heteroatoms. The van der Waals surface area contributed by atoms with E-state index in [9.17, 15) is 24.3 Å². The van der Waals surface area contributed by atoms with Gasteiger partial charge in [0.2, 0.25) is 0 Å². The van der Waals surface area contributed by atoms with Crippen molar-refractivity contribution < 1.29 is 33.1 Å². The molecular formula is C49H61F2N9O5. The number of benzene rings is 1. The van der Waals surface area contributed by atoms with Crippen LogP contribution in [0, 0.1) is 12.8 Å². The number of nitrogens with zero attached hydrogens (tertiary/aromatic N) is 9. The third-order valence-electron chi connectivity index (χ3n) is 13.1. The standard InChI is InChI=1S/C46H53F2N9O5.C3H8/c1-27(58)10-14-39(30(4)59)57-43(61)36-13-11-34(22-37(36)44(57)62)55-17-16-32(46(47,48)26-55)25-53-18-20-54(21-19-53)35-12-15-40(49-23-35)51-45-50-24-38-28(2)41(31(5)60)29(3)56(42(38)52-45)33-8-6-7-9-33;1-3-2/h11-13,15,22-24,32-33,39,60H,3,6-10,14,16-21,25-26H2,1-2,4-5H3;3H2,1-2H3/b41-31+,51-45?;. The first-order valence-corrected chi connectivity index (χ1v) is 22.9. The molecule has 3 fully saturated rings. The molecule has 0 bridgehead atoms. The molecule has 14 nitrogen and oxygen atoms in total. The molecule has 5 aliphatic heterocycles. The number of rotatable bonds is 11. The monoisotopic (exact) mass is 893 g/mol. The second-order valence-corrected chi connectivity index (χ2v) is 18.0. The van der Waals surface area contributed by atoms with Gasteiger partial charge in [0.1, 0.15) is 11.6 Å². The molecule has 1 saturated carbocycles. The lowest BCUT2D eigenvalue weighted by molar-refractivity contribution is -0.121. The highest BCUT2D eigenvalue weighted by atomic mass is 19.3. The van der Waals surface area contributed by atoms with Gasteiger partial charge < -0.3 is 24.3 Å². The highest BCUT2D eigenvalue weighted by molar-refractivity contribution is 6.23. The van der Waals surface area contributed by atoms with Crippen molar-refractivity contribution in [3.05, 3.63) is 75.6 Å². The summed E-state index contributed by atoms with van der Waals surface area (Å²) in [7, 11) is 0. The van der Waals surface area contributed by atoms with Crippen molar-refractivity contribution in [2.75, 3.05) is 55.6 Å². The van der Waals surface area contributed by atoms with Crippen LogP contribution in [0.5, 0.6) is 0 Å². The summed E-state index contributed by atoms with van der Waals surface area (Å²) in [5, 5.41) is 12.0. The van der Waals surface area contributed by atoms with Crippen molar-refractivity contribution in [2.24, 2.45) is 10.9 Å². The molecule has 2 atom stereocenters. The van der Waals surface area contributed by atoms with Crippen LogP contribution in [0.25, 0.3) is 23.7 Å². The molecular weight excluding hydrogens is 833 g/mol. The highest BCUT2D eigenvalue weighted by Crippen LogP contribution is 2.38. The smallest absolute Gasteiger partial charge is 0.269 e. The highest BCUT2D eigenvalue weighted by Gasteiger charge is 2.47. The Kier molecular flexibility index (Phi) is 14.3. The van der Waals surface area contributed by atoms with E-state index < -0.39 is 42.0 Å². The summed E-state index contributed by atoms with van der Waals surface area (Å²) < 4.78 is 33.8. The van der Waals surface area contributed by atoms with Gasteiger partial charge in [0.15, 0.2) is 11.6 Å². The summed E-state index contributed by atoms with van der Waals surface area (Å²) in [6.45, 7) is 17.5. The van der Waals surface area contributed by atoms with Gasteiger partial charge in [0.05, 0.1) is 41.4 Å². The molecule has 8 rings (SSSR count). The van der Waals surface area contributed by atoms with E-state index in [-0.39, 0.29) is 60.1 Å². The summed E-state index contributed by atoms with van der Waals surface area (Å²) in [5.74, 6) is -4.28. The minimum absolute atomic E-state index is 0.0366. The molecule has 346 valence electrons.